The van der Waals surface area contributed by atoms with Crippen LogP contribution in [0, 0.1) is 0 Å². The van der Waals surface area contributed by atoms with E-state index in [4.69, 9.17) is 58.2 Å². The molecule has 0 fully saturated rings. The van der Waals surface area contributed by atoms with Gasteiger partial charge in [-0.05, 0) is 21.5 Å². The van der Waals surface area contributed by atoms with Gasteiger partial charge in [-0.2, -0.15) is 0 Å². The summed E-state index contributed by atoms with van der Waals surface area (Å²) in [5, 5.41) is 3.77. The molecule has 2 aromatic rings. The molecule has 0 heterocycles. The fourth-order valence-corrected chi connectivity index (χ4v) is 9.39. The maximum absolute atomic E-state index is 13.2. The van der Waals surface area contributed by atoms with Crippen molar-refractivity contribution in [2.75, 3.05) is 27.4 Å². The number of esters is 3. The summed E-state index contributed by atoms with van der Waals surface area (Å²) in [5.41, 5.74) is -2.74. The molecule has 1 amide bonds. The number of alkyl carbamates (subject to hydrolysis) is 1. The lowest BCUT2D eigenvalue weighted by Gasteiger charge is -2.42. The van der Waals surface area contributed by atoms with Crippen LogP contribution in [0.4, 0.5) is 4.79 Å². The Bertz CT molecular complexity index is 1260. The van der Waals surface area contributed by atoms with Crippen molar-refractivity contribution in [1.82, 2.24) is 5.32 Å². The Hall–Kier alpha value is -3.09. The van der Waals surface area contributed by atoms with Gasteiger partial charge in [-0.1, -0.05) is 122 Å². The van der Waals surface area contributed by atoms with Gasteiger partial charge in [0.2, 0.25) is 3.79 Å². The fourth-order valence-electron chi connectivity index (χ4n) is 4.72. The first-order valence-corrected chi connectivity index (χ1v) is 16.4. The van der Waals surface area contributed by atoms with Gasteiger partial charge in [-0.25, -0.2) is 14.4 Å². The number of nitrogens with one attached hydrogen (secondary N) is 1. The number of benzene rings is 2. The van der Waals surface area contributed by atoms with Gasteiger partial charge in [0.1, 0.15) is 6.61 Å². The summed E-state index contributed by atoms with van der Waals surface area (Å²) in [6, 6.07) is 19.7. The predicted molar refractivity (Wildman–Crippen MR) is 170 cm³/mol. The van der Waals surface area contributed by atoms with Gasteiger partial charge in [-0.15, -0.1) is 0 Å². The van der Waals surface area contributed by atoms with E-state index in [0.29, 0.717) is 0 Å². The van der Waals surface area contributed by atoms with Gasteiger partial charge in [0.15, 0.2) is 6.10 Å². The van der Waals surface area contributed by atoms with Crippen LogP contribution in [0.15, 0.2) is 72.8 Å². The Morgan fingerprint density at radius 2 is 1.34 bits per heavy atom. The van der Waals surface area contributed by atoms with Crippen LogP contribution in [0.2, 0.25) is 5.04 Å². The van der Waals surface area contributed by atoms with E-state index in [0.717, 1.165) is 31.5 Å². The minimum absolute atomic E-state index is 0.0405. The molecule has 10 nitrogen and oxygen atoms in total. The van der Waals surface area contributed by atoms with Crippen molar-refractivity contribution in [2.45, 2.75) is 48.2 Å². The Morgan fingerprint density at radius 1 is 0.864 bits per heavy atom. The summed E-state index contributed by atoms with van der Waals surface area (Å²) in [6.07, 6.45) is -0.436. The van der Waals surface area contributed by atoms with Crippen molar-refractivity contribution in [3.8, 4) is 0 Å². The molecule has 44 heavy (non-hydrogen) atoms. The monoisotopic (exact) mass is 687 g/mol. The van der Waals surface area contributed by atoms with Crippen molar-refractivity contribution in [3.63, 3.8) is 0 Å². The van der Waals surface area contributed by atoms with E-state index >= 15 is 0 Å². The van der Waals surface area contributed by atoms with Crippen LogP contribution >= 0.6 is 34.8 Å². The molecule has 0 unspecified atom stereocenters. The number of carbonyl (C=O) groups is 4. The molecule has 2 rings (SSSR count). The van der Waals surface area contributed by atoms with Gasteiger partial charge < -0.3 is 23.4 Å². The largest absolute Gasteiger partial charge is 0.467 e. The zero-order chi connectivity index (χ0) is 33.2. The zero-order valence-corrected chi connectivity index (χ0v) is 28.5. The normalized spacial score (nSPS) is 13.1. The molecule has 240 valence electrons. The first-order valence-electron chi connectivity index (χ1n) is 13.3. The fraction of sp³-hybridized carbons (Fsp3) is 0.400. The maximum Gasteiger partial charge on any atom is 0.408 e. The third-order valence-corrected chi connectivity index (χ3v) is 11.9. The topological polar surface area (TPSA) is 126 Å². The molecule has 0 saturated carbocycles. The highest BCUT2D eigenvalue weighted by Gasteiger charge is 2.58. The Balaban J connectivity index is 2.59. The number of ether oxygens (including phenoxy) is 4. The third-order valence-electron chi connectivity index (χ3n) is 6.52. The van der Waals surface area contributed by atoms with Gasteiger partial charge in [0.25, 0.3) is 13.9 Å². The predicted octanol–water partition coefficient (Wildman–Crippen LogP) is 4.23. The summed E-state index contributed by atoms with van der Waals surface area (Å²) < 4.78 is 24.7. The number of rotatable bonds is 12. The number of hydrogen-bond acceptors (Lipinski definition) is 9. The summed E-state index contributed by atoms with van der Waals surface area (Å²) >= 11 is 17.0. The van der Waals surface area contributed by atoms with E-state index in [1.165, 1.54) is 12.2 Å². The van der Waals surface area contributed by atoms with E-state index in [-0.39, 0.29) is 11.6 Å². The Labute approximate surface area is 273 Å². The van der Waals surface area contributed by atoms with Crippen LogP contribution in [-0.2, 0) is 37.8 Å². The molecule has 14 heteroatoms. The quantitative estimate of drug-likeness (QED) is 0.0871. The highest BCUT2D eigenvalue weighted by molar-refractivity contribution is 6.99. The molecule has 2 aromatic carbocycles. The number of methoxy groups -OCH3 is 2. The van der Waals surface area contributed by atoms with E-state index in [1.807, 2.05) is 60.7 Å². The molecular formula is C30H36Cl3NO9Si. The number of halogens is 3. The van der Waals surface area contributed by atoms with Crippen LogP contribution in [-0.4, -0.2) is 75.2 Å². The highest BCUT2D eigenvalue weighted by atomic mass is 35.6. The molecule has 0 spiro atoms. The first-order chi connectivity index (χ1) is 20.5. The third kappa shape index (κ3) is 8.98. The first kappa shape index (κ1) is 37.1. The highest BCUT2D eigenvalue weighted by Crippen LogP contribution is 2.36. The average molecular weight is 689 g/mol. The number of carbonyl (C=O) groups excluding carboxylic acids is 4. The second-order valence-corrected chi connectivity index (χ2v) is 17.4. The SMILES string of the molecule is COC(=O)C(NC(=O)OCC(Cl)(Cl)Cl)(C(=O)OC)[C@H](/C=C/CO[Si](c1ccccc1)(c1ccccc1)C(C)(C)C)OC(C)=O. The minimum atomic E-state index is -2.98. The number of amides is 1. The lowest BCUT2D eigenvalue weighted by atomic mass is 9.91. The minimum Gasteiger partial charge on any atom is -0.467 e. The van der Waals surface area contributed by atoms with Crippen molar-refractivity contribution >= 4 is 77.5 Å². The summed E-state index contributed by atoms with van der Waals surface area (Å²) in [4.78, 5) is 51.2. The van der Waals surface area contributed by atoms with Crippen molar-refractivity contribution in [3.05, 3.63) is 72.8 Å². The van der Waals surface area contributed by atoms with E-state index < -0.39 is 54.4 Å². The molecule has 0 bridgehead atoms. The van der Waals surface area contributed by atoms with Crippen LogP contribution in [0.1, 0.15) is 27.7 Å². The Morgan fingerprint density at radius 3 is 1.73 bits per heavy atom. The van der Waals surface area contributed by atoms with Crippen LogP contribution in [0.3, 0.4) is 0 Å². The van der Waals surface area contributed by atoms with Crippen LogP contribution in [0.5, 0.6) is 0 Å². The van der Waals surface area contributed by atoms with Crippen molar-refractivity contribution in [2.24, 2.45) is 0 Å². The van der Waals surface area contributed by atoms with Crippen LogP contribution < -0.4 is 15.7 Å². The molecular weight excluding hydrogens is 653 g/mol. The molecule has 0 saturated heterocycles. The smallest absolute Gasteiger partial charge is 0.408 e. The molecule has 0 aromatic heterocycles. The number of alkyl halides is 3. The molecule has 0 aliphatic carbocycles. The van der Waals surface area contributed by atoms with Gasteiger partial charge in [0, 0.05) is 6.92 Å². The van der Waals surface area contributed by atoms with Gasteiger partial charge in [0.05, 0.1) is 20.8 Å². The molecule has 0 aliphatic heterocycles. The second kappa shape index (κ2) is 15.8. The zero-order valence-electron chi connectivity index (χ0n) is 25.2. The summed E-state index contributed by atoms with van der Waals surface area (Å²) in [7, 11) is -1.05. The van der Waals surface area contributed by atoms with E-state index in [9.17, 15) is 19.2 Å². The summed E-state index contributed by atoms with van der Waals surface area (Å²) in [6.45, 7) is 6.56. The maximum atomic E-state index is 13.2. The van der Waals surface area contributed by atoms with Crippen molar-refractivity contribution < 1.29 is 42.6 Å². The Kier molecular flexibility index (Phi) is 13.3. The van der Waals surface area contributed by atoms with E-state index in [2.05, 4.69) is 26.1 Å². The lowest BCUT2D eigenvalue weighted by Crippen LogP contribution is -2.68. The molecule has 0 radical (unpaired) electrons. The summed E-state index contributed by atoms with van der Waals surface area (Å²) in [5.74, 6) is -3.53. The molecule has 0 aliphatic rings. The standard InChI is InChI=1S/C30H36Cl3NO9Si/c1-21(35)43-24(30(25(36)39-5,26(37)40-6)34-27(38)41-20-29(31,32)33)18-13-19-42-44(28(2,3)4,22-14-9-7-10-15-22)23-16-11-8-12-17-23/h7-18,24H,19-20H2,1-6H3,(H,34,38)/b18-13+/t24-/m0/s1. The molecule has 1 N–H and O–H groups in total. The number of hydrogen-bond donors (Lipinski definition) is 1. The lowest BCUT2D eigenvalue weighted by molar-refractivity contribution is -0.172. The van der Waals surface area contributed by atoms with Crippen molar-refractivity contribution in [1.29, 1.82) is 0 Å². The second-order valence-electron chi connectivity index (χ2n) is 10.5. The van der Waals surface area contributed by atoms with Crippen LogP contribution in [0.25, 0.3) is 0 Å². The van der Waals surface area contributed by atoms with Gasteiger partial charge >= 0.3 is 24.0 Å². The molecule has 1 atom stereocenters. The van der Waals surface area contributed by atoms with Gasteiger partial charge in [-0.3, -0.25) is 10.1 Å². The average Bonchev–Trinajstić information content (AvgIpc) is 2.97. The van der Waals surface area contributed by atoms with E-state index in [1.54, 1.807) is 0 Å².